The molecule has 0 fully saturated rings. The van der Waals surface area contributed by atoms with Crippen LogP contribution in [0, 0.1) is 0 Å². The molecule has 0 saturated heterocycles. The molecule has 0 aliphatic heterocycles. The van der Waals surface area contributed by atoms with Crippen LogP contribution in [0.3, 0.4) is 0 Å². The molecular formula is C15H16BrNS. The summed E-state index contributed by atoms with van der Waals surface area (Å²) in [6, 6.07) is 19.0. The van der Waals surface area contributed by atoms with Crippen LogP contribution >= 0.6 is 27.7 Å². The van der Waals surface area contributed by atoms with E-state index >= 15 is 0 Å². The van der Waals surface area contributed by atoms with Crippen LogP contribution in [0.1, 0.15) is 17.2 Å². The van der Waals surface area contributed by atoms with Crippen LogP contribution in [-0.4, -0.2) is 6.54 Å². The van der Waals surface area contributed by atoms with E-state index in [0.29, 0.717) is 11.8 Å². The highest BCUT2D eigenvalue weighted by atomic mass is 79.9. The summed E-state index contributed by atoms with van der Waals surface area (Å²) in [7, 11) is 0. The normalized spacial score (nSPS) is 12.3. The van der Waals surface area contributed by atoms with Gasteiger partial charge in [-0.25, -0.2) is 0 Å². The Hall–Kier alpha value is -0.770. The van der Waals surface area contributed by atoms with E-state index in [0.717, 1.165) is 10.9 Å². The molecule has 0 aliphatic carbocycles. The van der Waals surface area contributed by atoms with Crippen LogP contribution < -0.4 is 5.73 Å². The third-order valence-electron chi connectivity index (χ3n) is 2.69. The van der Waals surface area contributed by atoms with E-state index in [1.807, 2.05) is 17.8 Å². The van der Waals surface area contributed by atoms with Crippen molar-refractivity contribution in [3.63, 3.8) is 0 Å². The quantitative estimate of drug-likeness (QED) is 0.812. The zero-order chi connectivity index (χ0) is 12.8. The molecule has 94 valence electrons. The van der Waals surface area contributed by atoms with Crippen molar-refractivity contribution in [2.24, 2.45) is 5.73 Å². The third kappa shape index (κ3) is 3.87. The Morgan fingerprint density at radius 3 is 2.28 bits per heavy atom. The molecule has 0 amide bonds. The van der Waals surface area contributed by atoms with Gasteiger partial charge in [0.2, 0.25) is 0 Å². The summed E-state index contributed by atoms with van der Waals surface area (Å²) >= 11 is 5.33. The largest absolute Gasteiger partial charge is 0.330 e. The lowest BCUT2D eigenvalue weighted by atomic mass is 10.1. The summed E-state index contributed by atoms with van der Waals surface area (Å²) in [5.41, 5.74) is 7.07. The first-order chi connectivity index (χ1) is 8.79. The van der Waals surface area contributed by atoms with Gasteiger partial charge in [-0.05, 0) is 42.8 Å². The topological polar surface area (TPSA) is 26.0 Å². The monoisotopic (exact) mass is 321 g/mol. The minimum absolute atomic E-state index is 0.428. The molecule has 18 heavy (non-hydrogen) atoms. The maximum absolute atomic E-state index is 5.72. The molecule has 0 aliphatic rings. The molecule has 0 radical (unpaired) electrons. The molecule has 0 saturated carbocycles. The van der Waals surface area contributed by atoms with Crippen molar-refractivity contribution in [3.8, 4) is 0 Å². The van der Waals surface area contributed by atoms with Crippen LogP contribution in [0.2, 0.25) is 0 Å². The van der Waals surface area contributed by atoms with E-state index in [-0.39, 0.29) is 0 Å². The fraction of sp³-hybridized carbons (Fsp3) is 0.200. The Bertz CT molecular complexity index is 470. The molecule has 0 heterocycles. The Labute approximate surface area is 121 Å². The minimum Gasteiger partial charge on any atom is -0.330 e. The van der Waals surface area contributed by atoms with Crippen LogP contribution in [0.25, 0.3) is 0 Å². The lowest BCUT2D eigenvalue weighted by Gasteiger charge is -2.16. The van der Waals surface area contributed by atoms with E-state index in [4.69, 9.17) is 5.73 Å². The Balaban J connectivity index is 2.14. The molecular weight excluding hydrogens is 306 g/mol. The van der Waals surface area contributed by atoms with Crippen molar-refractivity contribution < 1.29 is 0 Å². The van der Waals surface area contributed by atoms with Crippen LogP contribution in [0.15, 0.2) is 64.0 Å². The molecule has 1 nitrogen and oxygen atoms in total. The fourth-order valence-electron chi connectivity index (χ4n) is 1.79. The van der Waals surface area contributed by atoms with Crippen molar-refractivity contribution in [1.82, 2.24) is 0 Å². The minimum atomic E-state index is 0.428. The van der Waals surface area contributed by atoms with E-state index in [1.54, 1.807) is 0 Å². The number of hydrogen-bond acceptors (Lipinski definition) is 2. The van der Waals surface area contributed by atoms with Crippen LogP contribution in [0.4, 0.5) is 0 Å². The second kappa shape index (κ2) is 6.98. The second-order valence-electron chi connectivity index (χ2n) is 4.05. The van der Waals surface area contributed by atoms with Crippen LogP contribution in [-0.2, 0) is 0 Å². The van der Waals surface area contributed by atoms with E-state index in [1.165, 1.54) is 10.5 Å². The zero-order valence-electron chi connectivity index (χ0n) is 10.1. The highest BCUT2D eigenvalue weighted by molar-refractivity contribution is 9.10. The third-order valence-corrected chi connectivity index (χ3v) is 4.56. The Morgan fingerprint density at radius 2 is 1.67 bits per heavy atom. The standard InChI is InChI=1S/C15H16BrNS/c16-13-6-8-14(9-7-13)18-15(10-11-17)12-4-2-1-3-5-12/h1-9,15H,10-11,17H2. The van der Waals surface area contributed by atoms with Gasteiger partial charge < -0.3 is 5.73 Å². The molecule has 2 rings (SSSR count). The van der Waals surface area contributed by atoms with E-state index < -0.39 is 0 Å². The van der Waals surface area contributed by atoms with Crippen LogP contribution in [0.5, 0.6) is 0 Å². The summed E-state index contributed by atoms with van der Waals surface area (Å²) in [6.45, 7) is 0.711. The SMILES string of the molecule is NCCC(Sc1ccc(Br)cc1)c1ccccc1. The maximum atomic E-state index is 5.72. The second-order valence-corrected chi connectivity index (χ2v) is 6.24. The smallest absolute Gasteiger partial charge is 0.0356 e. The number of thioether (sulfide) groups is 1. The average Bonchev–Trinajstić information content (AvgIpc) is 2.42. The molecule has 1 atom stereocenters. The number of benzene rings is 2. The maximum Gasteiger partial charge on any atom is 0.0356 e. The number of halogens is 1. The number of nitrogens with two attached hydrogens (primary N) is 1. The first-order valence-electron chi connectivity index (χ1n) is 5.97. The van der Waals surface area contributed by atoms with E-state index in [9.17, 15) is 0 Å². The van der Waals surface area contributed by atoms with Gasteiger partial charge in [0.25, 0.3) is 0 Å². The molecule has 2 N–H and O–H groups in total. The van der Waals surface area contributed by atoms with Gasteiger partial charge >= 0.3 is 0 Å². The molecule has 2 aromatic carbocycles. The lowest BCUT2D eigenvalue weighted by Crippen LogP contribution is -2.04. The summed E-state index contributed by atoms with van der Waals surface area (Å²) < 4.78 is 1.11. The first kappa shape index (κ1) is 13.7. The van der Waals surface area contributed by atoms with Gasteiger partial charge in [-0.2, -0.15) is 0 Å². The van der Waals surface area contributed by atoms with Crippen molar-refractivity contribution in [2.45, 2.75) is 16.6 Å². The van der Waals surface area contributed by atoms with Gasteiger partial charge in [0.15, 0.2) is 0 Å². The first-order valence-corrected chi connectivity index (χ1v) is 7.64. The highest BCUT2D eigenvalue weighted by Gasteiger charge is 2.11. The summed E-state index contributed by atoms with van der Waals surface area (Å²) in [5.74, 6) is 0. The van der Waals surface area contributed by atoms with Crippen molar-refractivity contribution >= 4 is 27.7 Å². The predicted octanol–water partition coefficient (Wildman–Crippen LogP) is 4.63. The van der Waals surface area contributed by atoms with Crippen molar-refractivity contribution in [3.05, 3.63) is 64.6 Å². The summed E-state index contributed by atoms with van der Waals surface area (Å²) in [6.07, 6.45) is 0.991. The molecule has 2 aromatic rings. The average molecular weight is 322 g/mol. The van der Waals surface area contributed by atoms with Gasteiger partial charge in [0, 0.05) is 14.6 Å². The van der Waals surface area contributed by atoms with Gasteiger partial charge in [-0.1, -0.05) is 46.3 Å². The van der Waals surface area contributed by atoms with Gasteiger partial charge in [-0.3, -0.25) is 0 Å². The van der Waals surface area contributed by atoms with Gasteiger partial charge in [0.05, 0.1) is 0 Å². The predicted molar refractivity (Wildman–Crippen MR) is 82.9 cm³/mol. The van der Waals surface area contributed by atoms with Gasteiger partial charge in [0.1, 0.15) is 0 Å². The number of hydrogen-bond donors (Lipinski definition) is 1. The summed E-state index contributed by atoms with van der Waals surface area (Å²) in [5, 5.41) is 0.428. The zero-order valence-corrected chi connectivity index (χ0v) is 12.5. The fourth-order valence-corrected chi connectivity index (χ4v) is 3.22. The lowest BCUT2D eigenvalue weighted by molar-refractivity contribution is 0.814. The Kier molecular flexibility index (Phi) is 5.29. The van der Waals surface area contributed by atoms with E-state index in [2.05, 4.69) is 64.5 Å². The molecule has 1 unspecified atom stereocenters. The molecule has 0 aromatic heterocycles. The molecule has 0 bridgehead atoms. The van der Waals surface area contributed by atoms with Gasteiger partial charge in [-0.15, -0.1) is 11.8 Å². The highest BCUT2D eigenvalue weighted by Crippen LogP contribution is 2.37. The summed E-state index contributed by atoms with van der Waals surface area (Å²) in [4.78, 5) is 1.28. The van der Waals surface area contributed by atoms with Crippen molar-refractivity contribution in [2.75, 3.05) is 6.54 Å². The molecule has 0 spiro atoms. The molecule has 3 heteroatoms. The Morgan fingerprint density at radius 1 is 1.00 bits per heavy atom. The number of rotatable bonds is 5. The van der Waals surface area contributed by atoms with Crippen molar-refractivity contribution in [1.29, 1.82) is 0 Å².